The summed E-state index contributed by atoms with van der Waals surface area (Å²) in [6.07, 6.45) is 0. The van der Waals surface area contributed by atoms with Crippen molar-refractivity contribution < 1.29 is 13.9 Å². The van der Waals surface area contributed by atoms with Crippen LogP contribution in [0.25, 0.3) is 0 Å². The van der Waals surface area contributed by atoms with Gasteiger partial charge in [0, 0.05) is 11.0 Å². The first-order chi connectivity index (χ1) is 12.5. The van der Waals surface area contributed by atoms with E-state index in [1.54, 1.807) is 0 Å². The predicted molar refractivity (Wildman–Crippen MR) is 100 cm³/mol. The molecule has 0 fully saturated rings. The fraction of sp³-hybridized carbons (Fsp3) is 0.0526. The van der Waals surface area contributed by atoms with Crippen LogP contribution in [-0.2, 0) is 6.54 Å². The number of hydrogen-bond acceptors (Lipinski definition) is 4. The predicted octanol–water partition coefficient (Wildman–Crippen LogP) is 4.29. The Labute approximate surface area is 158 Å². The number of rotatable bonds is 5. The molecule has 0 bridgehead atoms. The lowest BCUT2D eigenvalue weighted by Crippen LogP contribution is -2.24. The standard InChI is InChI=1S/C19H15BrFN3O2/c20-13-2-1-3-15(10-13)26-14-6-4-12(5-7-14)11-23-19(25)16-8-9-17(21)24-18(16)22/h1-10H,11H2,(H2,22,24)(H,23,25). The van der Waals surface area contributed by atoms with Crippen LogP contribution < -0.4 is 15.8 Å². The normalized spacial score (nSPS) is 10.4. The van der Waals surface area contributed by atoms with Crippen LogP contribution in [0.15, 0.2) is 65.1 Å². The van der Waals surface area contributed by atoms with Crippen LogP contribution in [0.1, 0.15) is 15.9 Å². The zero-order valence-corrected chi connectivity index (χ0v) is 15.2. The van der Waals surface area contributed by atoms with Crippen molar-refractivity contribution in [3.63, 3.8) is 0 Å². The van der Waals surface area contributed by atoms with E-state index in [2.05, 4.69) is 26.2 Å². The maximum Gasteiger partial charge on any atom is 0.255 e. The lowest BCUT2D eigenvalue weighted by molar-refractivity contribution is 0.0951. The molecule has 26 heavy (non-hydrogen) atoms. The fourth-order valence-corrected chi connectivity index (χ4v) is 2.64. The maximum atomic E-state index is 12.9. The molecule has 2 aromatic carbocycles. The van der Waals surface area contributed by atoms with Gasteiger partial charge in [0.1, 0.15) is 17.3 Å². The Bertz CT molecular complexity index is 932. The molecule has 0 spiro atoms. The molecular weight excluding hydrogens is 401 g/mol. The average Bonchev–Trinajstić information content (AvgIpc) is 2.61. The topological polar surface area (TPSA) is 77.2 Å². The van der Waals surface area contributed by atoms with Gasteiger partial charge >= 0.3 is 0 Å². The van der Waals surface area contributed by atoms with Crippen LogP contribution in [0.4, 0.5) is 10.2 Å². The highest BCUT2D eigenvalue weighted by Gasteiger charge is 2.11. The molecule has 1 aromatic heterocycles. The van der Waals surface area contributed by atoms with Crippen LogP contribution in [0, 0.1) is 5.95 Å². The summed E-state index contributed by atoms with van der Waals surface area (Å²) in [6.45, 7) is 0.298. The van der Waals surface area contributed by atoms with E-state index in [1.165, 1.54) is 6.07 Å². The maximum absolute atomic E-state index is 12.9. The number of nitrogen functional groups attached to an aromatic ring is 1. The van der Waals surface area contributed by atoms with Gasteiger partial charge in [0.15, 0.2) is 0 Å². The lowest BCUT2D eigenvalue weighted by Gasteiger charge is -2.09. The number of nitrogens with one attached hydrogen (secondary N) is 1. The number of aromatic nitrogens is 1. The van der Waals surface area contributed by atoms with Crippen molar-refractivity contribution in [2.24, 2.45) is 0 Å². The van der Waals surface area contributed by atoms with E-state index < -0.39 is 11.9 Å². The second-order valence-electron chi connectivity index (χ2n) is 5.45. The van der Waals surface area contributed by atoms with Crippen molar-refractivity contribution in [3.8, 4) is 11.5 Å². The Morgan fingerprint density at radius 2 is 1.88 bits per heavy atom. The van der Waals surface area contributed by atoms with E-state index in [0.717, 1.165) is 21.9 Å². The molecule has 0 unspecified atom stereocenters. The number of benzene rings is 2. The van der Waals surface area contributed by atoms with E-state index in [0.29, 0.717) is 12.3 Å². The van der Waals surface area contributed by atoms with Gasteiger partial charge in [-0.25, -0.2) is 4.98 Å². The molecule has 7 heteroatoms. The second kappa shape index (κ2) is 7.97. The molecule has 0 aliphatic heterocycles. The molecule has 0 aliphatic rings. The molecule has 132 valence electrons. The number of carbonyl (C=O) groups excluding carboxylic acids is 1. The van der Waals surface area contributed by atoms with Crippen molar-refractivity contribution in [1.82, 2.24) is 10.3 Å². The first-order valence-corrected chi connectivity index (χ1v) is 8.53. The number of nitrogens with two attached hydrogens (primary N) is 1. The summed E-state index contributed by atoms with van der Waals surface area (Å²) in [4.78, 5) is 15.5. The number of anilines is 1. The highest BCUT2D eigenvalue weighted by molar-refractivity contribution is 9.10. The van der Waals surface area contributed by atoms with Gasteiger partial charge in [-0.05, 0) is 48.0 Å². The first kappa shape index (κ1) is 17.9. The van der Waals surface area contributed by atoms with E-state index in [4.69, 9.17) is 10.5 Å². The number of nitrogens with zero attached hydrogens (tertiary/aromatic N) is 1. The highest BCUT2D eigenvalue weighted by atomic mass is 79.9. The SMILES string of the molecule is Nc1nc(F)ccc1C(=O)NCc1ccc(Oc2cccc(Br)c2)cc1. The summed E-state index contributed by atoms with van der Waals surface area (Å²) in [6, 6.07) is 17.3. The zero-order chi connectivity index (χ0) is 18.5. The Kier molecular flexibility index (Phi) is 5.48. The number of pyridine rings is 1. The van der Waals surface area contributed by atoms with Gasteiger partial charge < -0.3 is 15.8 Å². The average molecular weight is 416 g/mol. The van der Waals surface area contributed by atoms with Crippen molar-refractivity contribution in [3.05, 3.63) is 82.2 Å². The fourth-order valence-electron chi connectivity index (χ4n) is 2.26. The summed E-state index contributed by atoms with van der Waals surface area (Å²) in [5.74, 6) is 0.134. The molecular formula is C19H15BrFN3O2. The van der Waals surface area contributed by atoms with Crippen molar-refractivity contribution in [2.75, 3.05) is 5.73 Å². The molecule has 0 atom stereocenters. The van der Waals surface area contributed by atoms with Gasteiger partial charge in [0.05, 0.1) is 5.56 Å². The molecule has 3 aromatic rings. The third kappa shape index (κ3) is 4.58. The van der Waals surface area contributed by atoms with Crippen molar-refractivity contribution in [2.45, 2.75) is 6.54 Å². The summed E-state index contributed by atoms with van der Waals surface area (Å²) < 4.78 is 19.6. The minimum atomic E-state index is -0.722. The lowest BCUT2D eigenvalue weighted by atomic mass is 10.2. The molecule has 5 nitrogen and oxygen atoms in total. The van der Waals surface area contributed by atoms with Gasteiger partial charge in [0.2, 0.25) is 5.95 Å². The minimum absolute atomic E-state index is 0.139. The molecule has 0 aliphatic carbocycles. The zero-order valence-electron chi connectivity index (χ0n) is 13.6. The number of ether oxygens (including phenoxy) is 1. The third-order valence-electron chi connectivity index (χ3n) is 3.54. The van der Waals surface area contributed by atoms with Gasteiger partial charge in [-0.2, -0.15) is 4.39 Å². The van der Waals surface area contributed by atoms with E-state index in [-0.39, 0.29) is 11.4 Å². The number of halogens is 2. The largest absolute Gasteiger partial charge is 0.457 e. The van der Waals surface area contributed by atoms with Crippen LogP contribution in [0.3, 0.4) is 0 Å². The molecule has 1 heterocycles. The Morgan fingerprint density at radius 1 is 1.12 bits per heavy atom. The summed E-state index contributed by atoms with van der Waals surface area (Å²) in [5, 5.41) is 2.72. The van der Waals surface area contributed by atoms with Gasteiger partial charge in [-0.15, -0.1) is 0 Å². The Balaban J connectivity index is 1.60. The molecule has 0 radical (unpaired) electrons. The number of hydrogen-bond donors (Lipinski definition) is 2. The summed E-state index contributed by atoms with van der Waals surface area (Å²) >= 11 is 3.40. The Hall–Kier alpha value is -2.93. The third-order valence-corrected chi connectivity index (χ3v) is 4.04. The van der Waals surface area contributed by atoms with Crippen LogP contribution in [-0.4, -0.2) is 10.9 Å². The second-order valence-corrected chi connectivity index (χ2v) is 6.37. The minimum Gasteiger partial charge on any atom is -0.457 e. The van der Waals surface area contributed by atoms with Crippen molar-refractivity contribution >= 4 is 27.7 Å². The monoisotopic (exact) mass is 415 g/mol. The summed E-state index contributed by atoms with van der Waals surface area (Å²) in [7, 11) is 0. The van der Waals surface area contributed by atoms with E-state index in [9.17, 15) is 9.18 Å². The summed E-state index contributed by atoms with van der Waals surface area (Å²) in [5.41, 5.74) is 6.59. The van der Waals surface area contributed by atoms with E-state index >= 15 is 0 Å². The molecule has 0 saturated heterocycles. The molecule has 3 rings (SSSR count). The quantitative estimate of drug-likeness (QED) is 0.609. The number of amides is 1. The molecule has 0 saturated carbocycles. The van der Waals surface area contributed by atoms with Crippen LogP contribution >= 0.6 is 15.9 Å². The highest BCUT2D eigenvalue weighted by Crippen LogP contribution is 2.24. The Morgan fingerprint density at radius 3 is 2.58 bits per heavy atom. The molecule has 1 amide bonds. The number of carbonyl (C=O) groups is 1. The van der Waals surface area contributed by atoms with Gasteiger partial charge in [-0.3, -0.25) is 4.79 Å². The van der Waals surface area contributed by atoms with Gasteiger partial charge in [-0.1, -0.05) is 34.1 Å². The molecule has 3 N–H and O–H groups in total. The van der Waals surface area contributed by atoms with Crippen molar-refractivity contribution in [1.29, 1.82) is 0 Å². The van der Waals surface area contributed by atoms with Crippen LogP contribution in [0.5, 0.6) is 11.5 Å². The van der Waals surface area contributed by atoms with Crippen LogP contribution in [0.2, 0.25) is 0 Å². The van der Waals surface area contributed by atoms with Gasteiger partial charge in [0.25, 0.3) is 5.91 Å². The van der Waals surface area contributed by atoms with E-state index in [1.807, 2.05) is 48.5 Å². The smallest absolute Gasteiger partial charge is 0.255 e. The first-order valence-electron chi connectivity index (χ1n) is 7.74.